The van der Waals surface area contributed by atoms with Gasteiger partial charge < -0.3 is 10.2 Å². The molecule has 1 saturated heterocycles. The second kappa shape index (κ2) is 3.60. The molecule has 0 radical (unpaired) electrons. The molecular weight excluding hydrogens is 200 g/mol. The molecule has 7 heteroatoms. The molecule has 0 aromatic carbocycles. The number of carbonyl (C=O) groups is 2. The number of likely N-dealkylation sites (tertiary alicyclic amines) is 1. The first-order valence-corrected chi connectivity index (χ1v) is 3.69. The van der Waals surface area contributed by atoms with Crippen molar-refractivity contribution < 1.29 is 28.6 Å². The Morgan fingerprint density at radius 2 is 1.93 bits per heavy atom. The topological polar surface area (TPSA) is 77.8 Å². The third-order valence-corrected chi connectivity index (χ3v) is 1.98. The summed E-state index contributed by atoms with van der Waals surface area (Å²) in [5.74, 6) is -1.41. The highest BCUT2D eigenvalue weighted by atomic mass is 19.3. The number of nitrogens with zero attached hydrogens (tertiary/aromatic N) is 1. The molecule has 5 nitrogen and oxygen atoms in total. The fourth-order valence-corrected chi connectivity index (χ4v) is 1.28. The van der Waals surface area contributed by atoms with Gasteiger partial charge in [0.05, 0.1) is 6.54 Å². The van der Waals surface area contributed by atoms with Gasteiger partial charge in [0, 0.05) is 12.0 Å². The maximum absolute atomic E-state index is 12.1. The standard InChI is InChI=1S/C7H7F2NO4/c8-5(9)3-1-4(6(11)12)10(2-3)7(13)14/h4H,1-2H2,(H,11,12)(H,13,14). The smallest absolute Gasteiger partial charge is 0.408 e. The van der Waals surface area contributed by atoms with Gasteiger partial charge in [-0.15, -0.1) is 0 Å². The van der Waals surface area contributed by atoms with Crippen molar-refractivity contribution in [3.05, 3.63) is 11.7 Å². The maximum atomic E-state index is 12.1. The van der Waals surface area contributed by atoms with Crippen LogP contribution in [0.25, 0.3) is 0 Å². The zero-order chi connectivity index (χ0) is 10.9. The molecule has 1 rings (SSSR count). The number of hydrogen-bond donors (Lipinski definition) is 2. The zero-order valence-corrected chi connectivity index (χ0v) is 6.91. The van der Waals surface area contributed by atoms with E-state index in [0.717, 1.165) is 0 Å². The van der Waals surface area contributed by atoms with E-state index < -0.39 is 42.7 Å². The summed E-state index contributed by atoms with van der Waals surface area (Å²) in [4.78, 5) is 21.5. The molecule has 1 aliphatic rings. The van der Waals surface area contributed by atoms with Crippen molar-refractivity contribution in [2.24, 2.45) is 0 Å². The Labute approximate surface area is 77.2 Å². The van der Waals surface area contributed by atoms with Crippen LogP contribution in [0, 0.1) is 0 Å². The van der Waals surface area contributed by atoms with Crippen molar-refractivity contribution in [1.29, 1.82) is 0 Å². The molecule has 1 atom stereocenters. The molecule has 0 aromatic rings. The summed E-state index contributed by atoms with van der Waals surface area (Å²) < 4.78 is 24.2. The fourth-order valence-electron chi connectivity index (χ4n) is 1.28. The summed E-state index contributed by atoms with van der Waals surface area (Å²) in [5.41, 5.74) is -0.431. The predicted molar refractivity (Wildman–Crippen MR) is 40.0 cm³/mol. The third kappa shape index (κ3) is 1.81. The molecule has 14 heavy (non-hydrogen) atoms. The summed E-state index contributed by atoms with van der Waals surface area (Å²) in [6, 6.07) is -1.40. The number of rotatable bonds is 1. The molecule has 0 saturated carbocycles. The van der Waals surface area contributed by atoms with Crippen molar-refractivity contribution in [3.63, 3.8) is 0 Å². The van der Waals surface area contributed by atoms with Crippen LogP contribution in [0.5, 0.6) is 0 Å². The molecule has 0 spiro atoms. The summed E-state index contributed by atoms with van der Waals surface area (Å²) in [6.45, 7) is -0.533. The number of hydrogen-bond acceptors (Lipinski definition) is 2. The minimum Gasteiger partial charge on any atom is -0.480 e. The SMILES string of the molecule is O=C(O)C1CC(=C(F)F)CN1C(=O)O. The van der Waals surface area contributed by atoms with Gasteiger partial charge in [0.2, 0.25) is 0 Å². The molecule has 1 unspecified atom stereocenters. The van der Waals surface area contributed by atoms with E-state index in [-0.39, 0.29) is 0 Å². The highest BCUT2D eigenvalue weighted by Gasteiger charge is 2.38. The molecule has 1 fully saturated rings. The van der Waals surface area contributed by atoms with E-state index >= 15 is 0 Å². The van der Waals surface area contributed by atoms with Crippen LogP contribution in [0.4, 0.5) is 13.6 Å². The zero-order valence-electron chi connectivity index (χ0n) is 6.91. The van der Waals surface area contributed by atoms with Crippen molar-refractivity contribution in [1.82, 2.24) is 4.90 Å². The molecule has 2 N–H and O–H groups in total. The van der Waals surface area contributed by atoms with Gasteiger partial charge in [0.15, 0.2) is 0 Å². The summed E-state index contributed by atoms with van der Waals surface area (Å²) in [6.07, 6.45) is -3.95. The average molecular weight is 207 g/mol. The Bertz CT molecular complexity index is 287. The van der Waals surface area contributed by atoms with E-state index in [2.05, 4.69) is 0 Å². The Morgan fingerprint density at radius 1 is 1.36 bits per heavy atom. The molecule has 0 aromatic heterocycles. The molecular formula is C7H7F2NO4. The van der Waals surface area contributed by atoms with E-state index in [1.165, 1.54) is 0 Å². The van der Waals surface area contributed by atoms with Gasteiger partial charge in [-0.25, -0.2) is 9.59 Å². The second-order valence-electron chi connectivity index (χ2n) is 2.83. The van der Waals surface area contributed by atoms with Crippen molar-refractivity contribution in [2.75, 3.05) is 6.54 Å². The van der Waals surface area contributed by atoms with Crippen LogP contribution in [0.1, 0.15) is 6.42 Å². The van der Waals surface area contributed by atoms with Crippen molar-refractivity contribution in [2.45, 2.75) is 12.5 Å². The Kier molecular flexibility index (Phi) is 2.68. The minimum absolute atomic E-state index is 0.431. The first kappa shape index (κ1) is 10.4. The van der Waals surface area contributed by atoms with Gasteiger partial charge >= 0.3 is 12.1 Å². The molecule has 0 aliphatic carbocycles. The summed E-state index contributed by atoms with van der Waals surface area (Å²) >= 11 is 0. The first-order valence-electron chi connectivity index (χ1n) is 3.69. The van der Waals surface area contributed by atoms with Crippen molar-refractivity contribution >= 4 is 12.1 Å². The van der Waals surface area contributed by atoms with Gasteiger partial charge in [0.25, 0.3) is 6.08 Å². The van der Waals surface area contributed by atoms with E-state index in [1.807, 2.05) is 0 Å². The molecule has 0 bridgehead atoms. The van der Waals surface area contributed by atoms with Gasteiger partial charge in [-0.3, -0.25) is 4.90 Å². The predicted octanol–water partition coefficient (Wildman–Crippen LogP) is 0.974. The van der Waals surface area contributed by atoms with Gasteiger partial charge in [-0.2, -0.15) is 8.78 Å². The van der Waals surface area contributed by atoms with E-state index in [1.54, 1.807) is 0 Å². The number of aliphatic carboxylic acids is 1. The van der Waals surface area contributed by atoms with E-state index in [9.17, 15) is 18.4 Å². The third-order valence-electron chi connectivity index (χ3n) is 1.98. The molecule has 1 amide bonds. The lowest BCUT2D eigenvalue weighted by molar-refractivity contribution is -0.141. The van der Waals surface area contributed by atoms with E-state index in [0.29, 0.717) is 4.90 Å². The number of carboxylic acid groups (broad SMARTS) is 2. The quantitative estimate of drug-likeness (QED) is 0.671. The van der Waals surface area contributed by atoms with Crippen LogP contribution < -0.4 is 0 Å². The Balaban J connectivity index is 2.92. The highest BCUT2D eigenvalue weighted by Crippen LogP contribution is 2.26. The lowest BCUT2D eigenvalue weighted by Gasteiger charge is -2.16. The number of carboxylic acids is 1. The second-order valence-corrected chi connectivity index (χ2v) is 2.83. The maximum Gasteiger partial charge on any atom is 0.408 e. The largest absolute Gasteiger partial charge is 0.480 e. The minimum atomic E-state index is -2.00. The summed E-state index contributed by atoms with van der Waals surface area (Å²) in [7, 11) is 0. The fraction of sp³-hybridized carbons (Fsp3) is 0.429. The highest BCUT2D eigenvalue weighted by molar-refractivity contribution is 5.81. The summed E-state index contributed by atoms with van der Waals surface area (Å²) in [5, 5.41) is 17.1. The Morgan fingerprint density at radius 3 is 2.21 bits per heavy atom. The molecule has 1 aliphatic heterocycles. The van der Waals surface area contributed by atoms with Gasteiger partial charge in [-0.05, 0) is 0 Å². The van der Waals surface area contributed by atoms with Crippen LogP contribution in [0.15, 0.2) is 11.7 Å². The van der Waals surface area contributed by atoms with Crippen LogP contribution in [-0.4, -0.2) is 39.8 Å². The van der Waals surface area contributed by atoms with Crippen LogP contribution in [-0.2, 0) is 4.79 Å². The van der Waals surface area contributed by atoms with Crippen LogP contribution >= 0.6 is 0 Å². The van der Waals surface area contributed by atoms with Gasteiger partial charge in [-0.1, -0.05) is 0 Å². The van der Waals surface area contributed by atoms with Crippen LogP contribution in [0.3, 0.4) is 0 Å². The molecule has 78 valence electrons. The van der Waals surface area contributed by atoms with Gasteiger partial charge in [0.1, 0.15) is 6.04 Å². The lowest BCUT2D eigenvalue weighted by atomic mass is 10.2. The lowest BCUT2D eigenvalue weighted by Crippen LogP contribution is -2.39. The Hall–Kier alpha value is -1.66. The number of halogens is 2. The van der Waals surface area contributed by atoms with Crippen molar-refractivity contribution in [3.8, 4) is 0 Å². The monoisotopic (exact) mass is 207 g/mol. The average Bonchev–Trinajstić information content (AvgIpc) is 2.47. The normalized spacial score (nSPS) is 21.1. The van der Waals surface area contributed by atoms with E-state index in [4.69, 9.17) is 10.2 Å². The first-order chi connectivity index (χ1) is 6.43. The molecule has 1 heterocycles. The van der Waals surface area contributed by atoms with Crippen LogP contribution in [0.2, 0.25) is 0 Å². The number of amides is 1.